The Hall–Kier alpha value is -0.630. The second kappa shape index (κ2) is 5.40. The lowest BCUT2D eigenvalue weighted by Gasteiger charge is -2.26. The zero-order chi connectivity index (χ0) is 13.4. The van der Waals surface area contributed by atoms with E-state index in [2.05, 4.69) is 33.1 Å². The average molecular weight is 375 g/mol. The summed E-state index contributed by atoms with van der Waals surface area (Å²) in [5.41, 5.74) is 6.31. The third-order valence-electron chi connectivity index (χ3n) is 3.93. The third kappa shape index (κ3) is 2.94. The van der Waals surface area contributed by atoms with E-state index in [0.717, 1.165) is 47.9 Å². The maximum atomic E-state index is 12.2. The fraction of sp³-hybridized carbons (Fsp3) is 0.692. The molecule has 1 aromatic rings. The first-order valence-corrected chi connectivity index (χ1v) is 7.94. The fourth-order valence-corrected chi connectivity index (χ4v) is 3.43. The highest BCUT2D eigenvalue weighted by Gasteiger charge is 2.33. The number of halogens is 1. The van der Waals surface area contributed by atoms with Crippen molar-refractivity contribution in [3.63, 3.8) is 0 Å². The predicted molar refractivity (Wildman–Crippen MR) is 78.9 cm³/mol. The Balaban J connectivity index is 1.63. The van der Waals surface area contributed by atoms with Crippen LogP contribution >= 0.6 is 22.6 Å². The molecule has 0 aromatic carbocycles. The molecule has 2 fully saturated rings. The number of aromatic nitrogens is 1. The van der Waals surface area contributed by atoms with Crippen LogP contribution in [0.25, 0.3) is 0 Å². The number of hydrogen-bond donors (Lipinski definition) is 2. The minimum absolute atomic E-state index is 0.111. The van der Waals surface area contributed by atoms with Gasteiger partial charge in [0.05, 0.1) is 3.57 Å². The highest BCUT2D eigenvalue weighted by molar-refractivity contribution is 14.1. The van der Waals surface area contributed by atoms with Gasteiger partial charge in [0.2, 0.25) is 0 Å². The Morgan fingerprint density at radius 1 is 1.26 bits per heavy atom. The van der Waals surface area contributed by atoms with Crippen molar-refractivity contribution >= 4 is 28.5 Å². The van der Waals surface area contributed by atoms with E-state index < -0.39 is 0 Å². The Labute approximate surface area is 125 Å². The molecule has 6 heteroatoms. The summed E-state index contributed by atoms with van der Waals surface area (Å²) in [6.07, 6.45) is 6.16. The summed E-state index contributed by atoms with van der Waals surface area (Å²) in [4.78, 5) is 12.2. The standard InChI is InChI=1S/C13H18IN3O2/c14-10-11(17-19-12(10)7-1-2-7)13(18)16-9-5-3-8(15)4-6-9/h7-9H,1-6,15H2,(H,16,18). The third-order valence-corrected chi connectivity index (χ3v) is 4.97. The van der Waals surface area contributed by atoms with Gasteiger partial charge in [0.1, 0.15) is 0 Å². The summed E-state index contributed by atoms with van der Waals surface area (Å²) in [6.45, 7) is 0. The van der Waals surface area contributed by atoms with E-state index >= 15 is 0 Å². The molecule has 2 aliphatic rings. The summed E-state index contributed by atoms with van der Waals surface area (Å²) in [7, 11) is 0. The van der Waals surface area contributed by atoms with E-state index in [1.54, 1.807) is 0 Å². The van der Waals surface area contributed by atoms with Crippen molar-refractivity contribution in [3.8, 4) is 0 Å². The van der Waals surface area contributed by atoms with Gasteiger partial charge in [-0.25, -0.2) is 0 Å². The van der Waals surface area contributed by atoms with Gasteiger partial charge in [-0.3, -0.25) is 4.79 Å². The largest absolute Gasteiger partial charge is 0.359 e. The van der Waals surface area contributed by atoms with E-state index in [1.165, 1.54) is 0 Å². The smallest absolute Gasteiger partial charge is 0.274 e. The molecule has 3 rings (SSSR count). The van der Waals surface area contributed by atoms with E-state index in [9.17, 15) is 4.79 Å². The van der Waals surface area contributed by atoms with Crippen molar-refractivity contribution in [2.75, 3.05) is 0 Å². The van der Waals surface area contributed by atoms with E-state index in [-0.39, 0.29) is 11.9 Å². The number of amides is 1. The average Bonchev–Trinajstić information content (AvgIpc) is 3.15. The molecule has 19 heavy (non-hydrogen) atoms. The zero-order valence-electron chi connectivity index (χ0n) is 10.7. The second-order valence-corrected chi connectivity index (χ2v) is 6.65. The van der Waals surface area contributed by atoms with Gasteiger partial charge in [0.15, 0.2) is 11.5 Å². The molecule has 1 aromatic heterocycles. The Bertz CT molecular complexity index is 476. The highest BCUT2D eigenvalue weighted by Crippen LogP contribution is 2.42. The summed E-state index contributed by atoms with van der Waals surface area (Å²) in [5, 5.41) is 6.99. The van der Waals surface area contributed by atoms with Crippen LogP contribution in [0, 0.1) is 3.57 Å². The number of rotatable bonds is 3. The first-order valence-electron chi connectivity index (χ1n) is 6.86. The molecule has 2 aliphatic carbocycles. The molecule has 1 heterocycles. The van der Waals surface area contributed by atoms with Crippen molar-refractivity contribution in [2.24, 2.45) is 5.73 Å². The number of nitrogens with two attached hydrogens (primary N) is 1. The monoisotopic (exact) mass is 375 g/mol. The van der Waals surface area contributed by atoms with E-state index in [4.69, 9.17) is 10.3 Å². The normalized spacial score (nSPS) is 27.3. The predicted octanol–water partition coefficient (Wildman–Crippen LogP) is 2.16. The van der Waals surface area contributed by atoms with Gasteiger partial charge in [-0.2, -0.15) is 0 Å². The minimum atomic E-state index is -0.111. The highest BCUT2D eigenvalue weighted by atomic mass is 127. The van der Waals surface area contributed by atoms with Crippen molar-refractivity contribution < 1.29 is 9.32 Å². The quantitative estimate of drug-likeness (QED) is 0.794. The topological polar surface area (TPSA) is 81.1 Å². The van der Waals surface area contributed by atoms with E-state index in [0.29, 0.717) is 17.7 Å². The van der Waals surface area contributed by atoms with Crippen LogP contribution in [0.5, 0.6) is 0 Å². The first-order chi connectivity index (χ1) is 9.15. The summed E-state index contributed by atoms with van der Waals surface area (Å²) >= 11 is 2.17. The SMILES string of the molecule is NC1CCC(NC(=O)c2noc(C3CC3)c2I)CC1. The lowest BCUT2D eigenvalue weighted by Crippen LogP contribution is -2.40. The van der Waals surface area contributed by atoms with Gasteiger partial charge in [-0.15, -0.1) is 0 Å². The molecule has 0 radical (unpaired) electrons. The Morgan fingerprint density at radius 3 is 2.58 bits per heavy atom. The van der Waals surface area contributed by atoms with Crippen molar-refractivity contribution in [1.29, 1.82) is 0 Å². The maximum absolute atomic E-state index is 12.2. The number of nitrogens with one attached hydrogen (secondary N) is 1. The lowest BCUT2D eigenvalue weighted by atomic mass is 9.92. The zero-order valence-corrected chi connectivity index (χ0v) is 12.9. The van der Waals surface area contributed by atoms with Crippen LogP contribution in [0.15, 0.2) is 4.52 Å². The Morgan fingerprint density at radius 2 is 1.95 bits per heavy atom. The molecule has 0 aliphatic heterocycles. The van der Waals surface area contributed by atoms with Crippen LogP contribution in [0.1, 0.15) is 60.7 Å². The molecule has 0 unspecified atom stereocenters. The van der Waals surface area contributed by atoms with Crippen LogP contribution in [-0.2, 0) is 0 Å². The van der Waals surface area contributed by atoms with Crippen LogP contribution < -0.4 is 11.1 Å². The van der Waals surface area contributed by atoms with Crippen molar-refractivity contribution in [2.45, 2.75) is 56.5 Å². The molecular weight excluding hydrogens is 357 g/mol. The van der Waals surface area contributed by atoms with Crippen LogP contribution in [0.3, 0.4) is 0 Å². The van der Waals surface area contributed by atoms with Crippen molar-refractivity contribution in [3.05, 3.63) is 15.0 Å². The van der Waals surface area contributed by atoms with Crippen LogP contribution in [0.2, 0.25) is 0 Å². The Kier molecular flexibility index (Phi) is 3.79. The molecule has 3 N–H and O–H groups in total. The second-order valence-electron chi connectivity index (χ2n) is 5.57. The molecule has 5 nitrogen and oxygen atoms in total. The number of carbonyl (C=O) groups is 1. The fourth-order valence-electron chi connectivity index (χ4n) is 2.55. The van der Waals surface area contributed by atoms with Gasteiger partial charge in [-0.1, -0.05) is 5.16 Å². The number of carbonyl (C=O) groups excluding carboxylic acids is 1. The number of hydrogen-bond acceptors (Lipinski definition) is 4. The number of nitrogens with zero attached hydrogens (tertiary/aromatic N) is 1. The molecule has 0 bridgehead atoms. The summed E-state index contributed by atoms with van der Waals surface area (Å²) < 4.78 is 6.19. The maximum Gasteiger partial charge on any atom is 0.274 e. The lowest BCUT2D eigenvalue weighted by molar-refractivity contribution is 0.0916. The molecule has 0 atom stereocenters. The molecule has 104 valence electrons. The molecule has 0 saturated heterocycles. The molecule has 0 spiro atoms. The first kappa shape index (κ1) is 13.4. The molecular formula is C13H18IN3O2. The van der Waals surface area contributed by atoms with Crippen LogP contribution in [0.4, 0.5) is 0 Å². The molecule has 2 saturated carbocycles. The van der Waals surface area contributed by atoms with Gasteiger partial charge in [0.25, 0.3) is 5.91 Å². The van der Waals surface area contributed by atoms with Crippen LogP contribution in [-0.4, -0.2) is 23.1 Å². The van der Waals surface area contributed by atoms with Gasteiger partial charge in [0, 0.05) is 18.0 Å². The van der Waals surface area contributed by atoms with Gasteiger partial charge in [-0.05, 0) is 61.1 Å². The summed E-state index contributed by atoms with van der Waals surface area (Å²) in [6, 6.07) is 0.519. The van der Waals surface area contributed by atoms with Gasteiger partial charge >= 0.3 is 0 Å². The minimum Gasteiger partial charge on any atom is -0.359 e. The van der Waals surface area contributed by atoms with Gasteiger partial charge < -0.3 is 15.6 Å². The summed E-state index contributed by atoms with van der Waals surface area (Å²) in [5.74, 6) is 1.26. The molecule has 1 amide bonds. The van der Waals surface area contributed by atoms with E-state index in [1.807, 2.05) is 0 Å². The van der Waals surface area contributed by atoms with Crippen molar-refractivity contribution in [1.82, 2.24) is 10.5 Å².